The van der Waals surface area contributed by atoms with E-state index in [9.17, 15) is 12.8 Å². The molecule has 0 saturated carbocycles. The molecular formula is C15H17FN2O2S. The van der Waals surface area contributed by atoms with E-state index in [2.05, 4.69) is 0 Å². The topological polar surface area (TPSA) is 63.4 Å². The van der Waals surface area contributed by atoms with Crippen molar-refractivity contribution >= 4 is 21.4 Å². The zero-order valence-electron chi connectivity index (χ0n) is 12.1. The van der Waals surface area contributed by atoms with Gasteiger partial charge in [0.2, 0.25) is 0 Å². The summed E-state index contributed by atoms with van der Waals surface area (Å²) in [5.41, 5.74) is 7.42. The summed E-state index contributed by atoms with van der Waals surface area (Å²) < 4.78 is 40.0. The molecule has 112 valence electrons. The number of sulfonamides is 1. The maximum absolute atomic E-state index is 13.3. The highest BCUT2D eigenvalue weighted by Crippen LogP contribution is 2.28. The van der Waals surface area contributed by atoms with Crippen molar-refractivity contribution in [3.8, 4) is 0 Å². The van der Waals surface area contributed by atoms with E-state index in [4.69, 9.17) is 5.73 Å². The SMILES string of the molecule is Cc1cc(F)cc(C)c1S(=O)(=O)N(C)c1ccc(N)cc1. The molecule has 0 saturated heterocycles. The van der Waals surface area contributed by atoms with Crippen molar-refractivity contribution in [2.45, 2.75) is 18.7 Å². The molecular weight excluding hydrogens is 291 g/mol. The number of anilines is 2. The number of rotatable bonds is 3. The van der Waals surface area contributed by atoms with E-state index in [-0.39, 0.29) is 4.90 Å². The van der Waals surface area contributed by atoms with Crippen molar-refractivity contribution in [1.29, 1.82) is 0 Å². The van der Waals surface area contributed by atoms with Gasteiger partial charge >= 0.3 is 0 Å². The van der Waals surface area contributed by atoms with Crippen LogP contribution in [-0.2, 0) is 10.0 Å². The highest BCUT2D eigenvalue weighted by atomic mass is 32.2. The maximum Gasteiger partial charge on any atom is 0.264 e. The third-order valence-corrected chi connectivity index (χ3v) is 5.39. The van der Waals surface area contributed by atoms with Crippen LogP contribution in [0.5, 0.6) is 0 Å². The molecule has 0 bridgehead atoms. The lowest BCUT2D eigenvalue weighted by atomic mass is 10.1. The first kappa shape index (κ1) is 15.3. The number of aryl methyl sites for hydroxylation is 2. The fourth-order valence-electron chi connectivity index (χ4n) is 2.26. The largest absolute Gasteiger partial charge is 0.399 e. The molecule has 6 heteroatoms. The Labute approximate surface area is 124 Å². The van der Waals surface area contributed by atoms with Gasteiger partial charge in [-0.25, -0.2) is 12.8 Å². The molecule has 2 aromatic rings. The summed E-state index contributed by atoms with van der Waals surface area (Å²) in [6.07, 6.45) is 0. The van der Waals surface area contributed by atoms with Crippen molar-refractivity contribution in [2.24, 2.45) is 0 Å². The molecule has 0 aliphatic rings. The van der Waals surface area contributed by atoms with Gasteiger partial charge in [-0.1, -0.05) is 0 Å². The number of nitrogens with zero attached hydrogens (tertiary/aromatic N) is 1. The minimum absolute atomic E-state index is 0.128. The summed E-state index contributed by atoms with van der Waals surface area (Å²) in [5.74, 6) is -0.445. The molecule has 21 heavy (non-hydrogen) atoms. The van der Waals surface area contributed by atoms with Gasteiger partial charge < -0.3 is 5.73 Å². The Morgan fingerprint density at radius 1 is 1.05 bits per heavy atom. The number of nitrogen functional groups attached to an aromatic ring is 1. The van der Waals surface area contributed by atoms with Gasteiger partial charge in [0.05, 0.1) is 10.6 Å². The van der Waals surface area contributed by atoms with Gasteiger partial charge in [-0.05, 0) is 61.4 Å². The second-order valence-electron chi connectivity index (χ2n) is 4.93. The van der Waals surface area contributed by atoms with Crippen molar-refractivity contribution in [3.05, 3.63) is 53.3 Å². The van der Waals surface area contributed by atoms with E-state index < -0.39 is 15.8 Å². The van der Waals surface area contributed by atoms with E-state index in [1.165, 1.54) is 23.5 Å². The van der Waals surface area contributed by atoms with Crippen molar-refractivity contribution in [2.75, 3.05) is 17.1 Å². The average Bonchev–Trinajstić information content (AvgIpc) is 2.37. The second kappa shape index (κ2) is 5.37. The molecule has 0 aliphatic heterocycles. The summed E-state index contributed by atoms with van der Waals surface area (Å²) >= 11 is 0. The molecule has 0 spiro atoms. The van der Waals surface area contributed by atoms with Gasteiger partial charge in [0.25, 0.3) is 10.0 Å². The van der Waals surface area contributed by atoms with Gasteiger partial charge in [0, 0.05) is 12.7 Å². The van der Waals surface area contributed by atoms with E-state index >= 15 is 0 Å². The van der Waals surface area contributed by atoms with Crippen LogP contribution in [0.4, 0.5) is 15.8 Å². The third-order valence-electron chi connectivity index (χ3n) is 3.30. The van der Waals surface area contributed by atoms with Crippen LogP contribution in [-0.4, -0.2) is 15.5 Å². The predicted molar refractivity (Wildman–Crippen MR) is 82.3 cm³/mol. The number of benzene rings is 2. The first-order chi connectivity index (χ1) is 9.73. The number of hydrogen-bond acceptors (Lipinski definition) is 3. The molecule has 0 amide bonds. The Hall–Kier alpha value is -2.08. The van der Waals surface area contributed by atoms with Crippen LogP contribution in [0, 0.1) is 19.7 Å². The Morgan fingerprint density at radius 2 is 1.52 bits per heavy atom. The Morgan fingerprint density at radius 3 is 2.00 bits per heavy atom. The van der Waals surface area contributed by atoms with Crippen LogP contribution >= 0.6 is 0 Å². The van der Waals surface area contributed by atoms with Gasteiger partial charge in [0.1, 0.15) is 5.82 Å². The zero-order valence-corrected chi connectivity index (χ0v) is 12.9. The highest BCUT2D eigenvalue weighted by Gasteiger charge is 2.25. The maximum atomic E-state index is 13.3. The molecule has 0 atom stereocenters. The molecule has 2 aromatic carbocycles. The first-order valence-corrected chi connectivity index (χ1v) is 7.78. The van der Waals surface area contributed by atoms with Gasteiger partial charge in [-0.3, -0.25) is 4.31 Å². The Kier molecular flexibility index (Phi) is 3.91. The smallest absolute Gasteiger partial charge is 0.264 e. The second-order valence-corrected chi connectivity index (χ2v) is 6.84. The summed E-state index contributed by atoms with van der Waals surface area (Å²) in [6, 6.07) is 8.95. The number of halogens is 1. The summed E-state index contributed by atoms with van der Waals surface area (Å²) in [6.45, 7) is 3.17. The highest BCUT2D eigenvalue weighted by molar-refractivity contribution is 7.92. The minimum Gasteiger partial charge on any atom is -0.399 e. The summed E-state index contributed by atoms with van der Waals surface area (Å²) in [7, 11) is -2.30. The zero-order chi connectivity index (χ0) is 15.8. The Bertz CT molecular complexity index is 748. The molecule has 2 rings (SSSR count). The van der Waals surface area contributed by atoms with Crippen LogP contribution in [0.3, 0.4) is 0 Å². The summed E-state index contributed by atoms with van der Waals surface area (Å²) in [5, 5.41) is 0. The lowest BCUT2D eigenvalue weighted by Crippen LogP contribution is -2.28. The quantitative estimate of drug-likeness (QED) is 0.887. The van der Waals surface area contributed by atoms with Gasteiger partial charge in [-0.15, -0.1) is 0 Å². The fourth-order valence-corrected chi connectivity index (χ4v) is 3.87. The molecule has 0 fully saturated rings. The van der Waals surface area contributed by atoms with Crippen LogP contribution in [0.2, 0.25) is 0 Å². The molecule has 4 nitrogen and oxygen atoms in total. The Balaban J connectivity index is 2.54. The summed E-state index contributed by atoms with van der Waals surface area (Å²) in [4.78, 5) is 0.128. The first-order valence-electron chi connectivity index (χ1n) is 6.34. The van der Waals surface area contributed by atoms with Crippen molar-refractivity contribution in [3.63, 3.8) is 0 Å². The lowest BCUT2D eigenvalue weighted by molar-refractivity contribution is 0.591. The monoisotopic (exact) mass is 308 g/mol. The van der Waals surface area contributed by atoms with Crippen LogP contribution in [0.1, 0.15) is 11.1 Å². The molecule has 0 radical (unpaired) electrons. The minimum atomic E-state index is -3.76. The van der Waals surface area contributed by atoms with Gasteiger partial charge in [-0.2, -0.15) is 0 Å². The normalized spacial score (nSPS) is 11.4. The van der Waals surface area contributed by atoms with Crippen LogP contribution < -0.4 is 10.0 Å². The van der Waals surface area contributed by atoms with E-state index in [0.717, 1.165) is 0 Å². The molecule has 0 aromatic heterocycles. The molecule has 0 aliphatic carbocycles. The lowest BCUT2D eigenvalue weighted by Gasteiger charge is -2.22. The molecule has 2 N–H and O–H groups in total. The van der Waals surface area contributed by atoms with Crippen LogP contribution in [0.25, 0.3) is 0 Å². The number of hydrogen-bond donors (Lipinski definition) is 1. The predicted octanol–water partition coefficient (Wildman–Crippen LogP) is 2.85. The third kappa shape index (κ3) is 2.85. The van der Waals surface area contributed by atoms with Gasteiger partial charge in [0.15, 0.2) is 0 Å². The van der Waals surface area contributed by atoms with Crippen molar-refractivity contribution < 1.29 is 12.8 Å². The van der Waals surface area contributed by atoms with Crippen LogP contribution in [0.15, 0.2) is 41.3 Å². The van der Waals surface area contributed by atoms with E-state index in [0.29, 0.717) is 22.5 Å². The standard InChI is InChI=1S/C15H17FN2O2S/c1-10-8-12(16)9-11(2)15(10)21(19,20)18(3)14-6-4-13(17)5-7-14/h4-9H,17H2,1-3H3. The van der Waals surface area contributed by atoms with E-state index in [1.54, 1.807) is 38.1 Å². The molecule has 0 heterocycles. The number of nitrogens with two attached hydrogens (primary N) is 1. The van der Waals surface area contributed by atoms with E-state index in [1.807, 2.05) is 0 Å². The fraction of sp³-hybridized carbons (Fsp3) is 0.200. The van der Waals surface area contributed by atoms with Crippen molar-refractivity contribution in [1.82, 2.24) is 0 Å². The molecule has 0 unspecified atom stereocenters. The average molecular weight is 308 g/mol.